The third-order valence-corrected chi connectivity index (χ3v) is 3.97. The average molecular weight is 259 g/mol. The van der Waals surface area contributed by atoms with Crippen LogP contribution < -0.4 is 5.73 Å². The van der Waals surface area contributed by atoms with E-state index in [1.54, 1.807) is 12.5 Å². The van der Waals surface area contributed by atoms with Gasteiger partial charge in [-0.3, -0.25) is 4.99 Å². The van der Waals surface area contributed by atoms with Crippen molar-refractivity contribution < 1.29 is 4.42 Å². The molecule has 0 radical (unpaired) electrons. The number of nitrogens with two attached hydrogens (primary N) is 1. The fourth-order valence-corrected chi connectivity index (χ4v) is 3.07. The summed E-state index contributed by atoms with van der Waals surface area (Å²) in [7, 11) is 0. The molecule has 0 saturated heterocycles. The Morgan fingerprint density at radius 3 is 2.78 bits per heavy atom. The number of thioether (sulfide) groups is 1. The second-order valence-electron chi connectivity index (χ2n) is 4.37. The van der Waals surface area contributed by atoms with Crippen molar-refractivity contribution in [1.29, 1.82) is 0 Å². The molecule has 2 aromatic rings. The molecule has 5 heteroatoms. The highest BCUT2D eigenvalue weighted by Gasteiger charge is 2.40. The monoisotopic (exact) mass is 259 g/mol. The maximum Gasteiger partial charge on any atom is 0.251 e. The summed E-state index contributed by atoms with van der Waals surface area (Å²) in [6, 6.07) is 9.98. The maximum atomic E-state index is 6.33. The minimum Gasteiger partial charge on any atom is -0.443 e. The van der Waals surface area contributed by atoms with Crippen molar-refractivity contribution in [2.24, 2.45) is 10.7 Å². The molecule has 0 fully saturated rings. The van der Waals surface area contributed by atoms with Gasteiger partial charge in [0.15, 0.2) is 5.04 Å². The van der Waals surface area contributed by atoms with Crippen LogP contribution in [0.4, 0.5) is 0 Å². The molecule has 2 N–H and O–H groups in total. The zero-order chi connectivity index (χ0) is 12.6. The molecule has 3 rings (SSSR count). The molecule has 92 valence electrons. The first-order valence-electron chi connectivity index (χ1n) is 5.67. The Kier molecular flexibility index (Phi) is 2.72. The van der Waals surface area contributed by atoms with Crippen molar-refractivity contribution in [3.05, 3.63) is 54.2 Å². The number of aliphatic imine (C=N–C) groups is 1. The van der Waals surface area contributed by atoms with Crippen LogP contribution >= 0.6 is 11.8 Å². The number of oxazole rings is 1. The minimum atomic E-state index is -0.481. The smallest absolute Gasteiger partial charge is 0.251 e. The first-order chi connectivity index (χ1) is 8.67. The molecule has 0 spiro atoms. The predicted molar refractivity (Wildman–Crippen MR) is 72.4 cm³/mol. The number of hydrogen-bond donors (Lipinski definition) is 1. The zero-order valence-corrected chi connectivity index (χ0v) is 10.7. The standard InChI is InChI=1S/C13H13N3OS/c1-13(14)10(9-5-3-2-4-6-9)16-12(18-13)11-15-7-8-17-11/h2-8,10H,14H2,1H3. The van der Waals surface area contributed by atoms with Gasteiger partial charge in [-0.25, -0.2) is 4.98 Å². The Bertz CT molecular complexity index is 563. The van der Waals surface area contributed by atoms with Crippen LogP contribution in [0.25, 0.3) is 0 Å². The molecule has 2 atom stereocenters. The molecule has 1 aromatic heterocycles. The molecule has 1 aliphatic heterocycles. The van der Waals surface area contributed by atoms with Crippen LogP contribution in [0.2, 0.25) is 0 Å². The summed E-state index contributed by atoms with van der Waals surface area (Å²) in [6.45, 7) is 1.98. The van der Waals surface area contributed by atoms with Crippen molar-refractivity contribution in [2.45, 2.75) is 17.8 Å². The largest absolute Gasteiger partial charge is 0.443 e. The lowest BCUT2D eigenvalue weighted by atomic mass is 10.0. The lowest BCUT2D eigenvalue weighted by Gasteiger charge is -2.24. The first kappa shape index (κ1) is 11.5. The highest BCUT2D eigenvalue weighted by atomic mass is 32.2. The van der Waals surface area contributed by atoms with E-state index >= 15 is 0 Å². The molecule has 0 saturated carbocycles. The number of nitrogens with zero attached hydrogens (tertiary/aromatic N) is 2. The summed E-state index contributed by atoms with van der Waals surface area (Å²) in [6.07, 6.45) is 3.16. The van der Waals surface area contributed by atoms with Crippen LogP contribution in [-0.2, 0) is 0 Å². The molecule has 2 unspecified atom stereocenters. The Balaban J connectivity index is 1.99. The molecule has 2 heterocycles. The fourth-order valence-electron chi connectivity index (χ4n) is 2.00. The second kappa shape index (κ2) is 4.26. The average Bonchev–Trinajstić information content (AvgIpc) is 2.97. The second-order valence-corrected chi connectivity index (χ2v) is 5.84. The van der Waals surface area contributed by atoms with Gasteiger partial charge in [0.1, 0.15) is 12.3 Å². The van der Waals surface area contributed by atoms with E-state index in [4.69, 9.17) is 10.2 Å². The van der Waals surface area contributed by atoms with Gasteiger partial charge in [0.2, 0.25) is 0 Å². The third kappa shape index (κ3) is 1.95. The summed E-state index contributed by atoms with van der Waals surface area (Å²) >= 11 is 1.50. The Morgan fingerprint density at radius 1 is 1.33 bits per heavy atom. The number of aromatic nitrogens is 1. The van der Waals surface area contributed by atoms with Gasteiger partial charge in [0.05, 0.1) is 11.1 Å². The van der Waals surface area contributed by atoms with Crippen LogP contribution in [0.5, 0.6) is 0 Å². The van der Waals surface area contributed by atoms with Crippen molar-refractivity contribution in [3.63, 3.8) is 0 Å². The minimum absolute atomic E-state index is 0.0781. The number of hydrogen-bond acceptors (Lipinski definition) is 5. The van der Waals surface area contributed by atoms with E-state index in [0.717, 1.165) is 10.6 Å². The highest BCUT2D eigenvalue weighted by molar-refractivity contribution is 8.15. The normalized spacial score (nSPS) is 27.2. The summed E-state index contributed by atoms with van der Waals surface area (Å²) in [5, 5.41) is 0.763. The topological polar surface area (TPSA) is 64.4 Å². The van der Waals surface area contributed by atoms with Gasteiger partial charge >= 0.3 is 0 Å². The van der Waals surface area contributed by atoms with E-state index in [0.29, 0.717) is 5.89 Å². The molecule has 1 aromatic carbocycles. The van der Waals surface area contributed by atoms with Crippen LogP contribution in [-0.4, -0.2) is 14.9 Å². The zero-order valence-electron chi connectivity index (χ0n) is 9.91. The lowest BCUT2D eigenvalue weighted by Crippen LogP contribution is -2.35. The van der Waals surface area contributed by atoms with Crippen molar-refractivity contribution >= 4 is 16.8 Å². The Morgan fingerprint density at radius 2 is 2.11 bits per heavy atom. The van der Waals surface area contributed by atoms with Crippen molar-refractivity contribution in [2.75, 3.05) is 0 Å². The lowest BCUT2D eigenvalue weighted by molar-refractivity contribution is 0.542. The fraction of sp³-hybridized carbons (Fsp3) is 0.231. The number of rotatable bonds is 2. The summed E-state index contributed by atoms with van der Waals surface area (Å²) in [4.78, 5) is 8.29. The highest BCUT2D eigenvalue weighted by Crippen LogP contribution is 2.44. The van der Waals surface area contributed by atoms with Gasteiger partial charge in [-0.05, 0) is 12.5 Å². The van der Waals surface area contributed by atoms with E-state index in [2.05, 4.69) is 9.98 Å². The first-order valence-corrected chi connectivity index (χ1v) is 6.49. The van der Waals surface area contributed by atoms with Crippen LogP contribution in [0.1, 0.15) is 24.4 Å². The van der Waals surface area contributed by atoms with Gasteiger partial charge in [-0.15, -0.1) is 0 Å². The van der Waals surface area contributed by atoms with Gasteiger partial charge in [-0.2, -0.15) is 0 Å². The molecular weight excluding hydrogens is 246 g/mol. The van der Waals surface area contributed by atoms with Crippen LogP contribution in [0.3, 0.4) is 0 Å². The predicted octanol–water partition coefficient (Wildman–Crippen LogP) is 2.58. The summed E-state index contributed by atoms with van der Waals surface area (Å²) in [5.41, 5.74) is 7.44. The van der Waals surface area contributed by atoms with E-state index in [-0.39, 0.29) is 6.04 Å². The Hall–Kier alpha value is -1.59. The van der Waals surface area contributed by atoms with E-state index in [1.807, 2.05) is 37.3 Å². The van der Waals surface area contributed by atoms with Gasteiger partial charge < -0.3 is 10.2 Å². The summed E-state index contributed by atoms with van der Waals surface area (Å²) < 4.78 is 5.28. The van der Waals surface area contributed by atoms with E-state index in [1.165, 1.54) is 11.8 Å². The maximum absolute atomic E-state index is 6.33. The number of benzene rings is 1. The molecule has 0 bridgehead atoms. The van der Waals surface area contributed by atoms with Gasteiger partial charge in [0.25, 0.3) is 5.89 Å². The molecule has 1 aliphatic rings. The van der Waals surface area contributed by atoms with E-state index < -0.39 is 4.87 Å². The molecular formula is C13H13N3OS. The van der Waals surface area contributed by atoms with Gasteiger partial charge in [0, 0.05) is 0 Å². The Labute approximate surface area is 109 Å². The van der Waals surface area contributed by atoms with Gasteiger partial charge in [-0.1, -0.05) is 42.1 Å². The molecule has 4 nitrogen and oxygen atoms in total. The quantitative estimate of drug-likeness (QED) is 0.900. The third-order valence-electron chi connectivity index (χ3n) is 2.84. The van der Waals surface area contributed by atoms with Crippen molar-refractivity contribution in [3.8, 4) is 0 Å². The molecule has 0 amide bonds. The van der Waals surface area contributed by atoms with Crippen LogP contribution in [0, 0.1) is 0 Å². The molecule has 18 heavy (non-hydrogen) atoms. The van der Waals surface area contributed by atoms with Crippen molar-refractivity contribution in [1.82, 2.24) is 4.98 Å². The SMILES string of the molecule is CC1(N)SC(c2ncco2)=NC1c1ccccc1. The molecule has 0 aliphatic carbocycles. The van der Waals surface area contributed by atoms with Crippen LogP contribution in [0.15, 0.2) is 52.2 Å². The summed E-state index contributed by atoms with van der Waals surface area (Å²) in [5.74, 6) is 0.537. The van der Waals surface area contributed by atoms with E-state index in [9.17, 15) is 0 Å².